The van der Waals surface area contributed by atoms with E-state index in [4.69, 9.17) is 21.7 Å². The Kier molecular flexibility index (Phi) is 7.79. The van der Waals surface area contributed by atoms with Gasteiger partial charge in [0.15, 0.2) is 5.11 Å². The quantitative estimate of drug-likeness (QED) is 0.282. The third-order valence-electron chi connectivity index (χ3n) is 6.90. The van der Waals surface area contributed by atoms with E-state index in [9.17, 15) is 4.79 Å². The van der Waals surface area contributed by atoms with Gasteiger partial charge in [-0.3, -0.25) is 9.78 Å². The fraction of sp³-hybridized carbons (Fsp3) is 0.233. The number of aromatic nitrogens is 2. The summed E-state index contributed by atoms with van der Waals surface area (Å²) >= 11 is 5.82. The number of carbonyl (C=O) groups excluding carboxylic acids is 1. The number of nitrogens with zero attached hydrogens (tertiary/aromatic N) is 3. The number of nitrogens with one attached hydrogen (secondary N) is 2. The van der Waals surface area contributed by atoms with Crippen molar-refractivity contribution < 1.29 is 14.3 Å². The summed E-state index contributed by atoms with van der Waals surface area (Å²) in [6, 6.07) is 25.1. The SMILES string of the molecule is COc1ccc(-n2c(C)ccc2[C@@H]2[C@@H](c3ccccn3)NC(=S)N2CCC(=O)Nc2ccccc2OC)cc1. The molecule has 0 spiro atoms. The Bertz CT molecular complexity index is 1460. The number of para-hydroxylation sites is 2. The van der Waals surface area contributed by atoms with Gasteiger partial charge in [-0.1, -0.05) is 18.2 Å². The summed E-state index contributed by atoms with van der Waals surface area (Å²) in [5.41, 5.74) is 4.66. The van der Waals surface area contributed by atoms with Crippen LogP contribution in [0.5, 0.6) is 11.5 Å². The molecular weight excluding hydrogens is 510 g/mol. The zero-order valence-corrected chi connectivity index (χ0v) is 22.9. The molecule has 8 nitrogen and oxygen atoms in total. The first-order chi connectivity index (χ1) is 19.0. The average Bonchev–Trinajstić information content (AvgIpc) is 3.51. The third-order valence-corrected chi connectivity index (χ3v) is 7.25. The van der Waals surface area contributed by atoms with Gasteiger partial charge in [0.05, 0.1) is 37.7 Å². The van der Waals surface area contributed by atoms with Crippen molar-refractivity contribution in [1.29, 1.82) is 0 Å². The lowest BCUT2D eigenvalue weighted by molar-refractivity contribution is -0.116. The van der Waals surface area contributed by atoms with Crippen LogP contribution < -0.4 is 20.1 Å². The predicted octanol–water partition coefficient (Wildman–Crippen LogP) is 5.20. The predicted molar refractivity (Wildman–Crippen MR) is 155 cm³/mol. The van der Waals surface area contributed by atoms with Crippen molar-refractivity contribution in [3.8, 4) is 17.2 Å². The fourth-order valence-corrected chi connectivity index (χ4v) is 5.36. The summed E-state index contributed by atoms with van der Waals surface area (Å²) in [5.74, 6) is 1.29. The number of hydrogen-bond donors (Lipinski definition) is 2. The van der Waals surface area contributed by atoms with Crippen molar-refractivity contribution in [3.63, 3.8) is 0 Å². The van der Waals surface area contributed by atoms with Gasteiger partial charge in [-0.25, -0.2) is 0 Å². The number of anilines is 1. The second-order valence-electron chi connectivity index (χ2n) is 9.25. The summed E-state index contributed by atoms with van der Waals surface area (Å²) in [6.45, 7) is 2.50. The van der Waals surface area contributed by atoms with E-state index in [0.717, 1.165) is 28.5 Å². The highest BCUT2D eigenvalue weighted by Gasteiger charge is 2.41. The van der Waals surface area contributed by atoms with Crippen molar-refractivity contribution in [2.45, 2.75) is 25.4 Å². The molecule has 2 aromatic heterocycles. The molecule has 1 aliphatic heterocycles. The highest BCUT2D eigenvalue weighted by Crippen LogP contribution is 2.40. The number of rotatable bonds is 9. The monoisotopic (exact) mass is 541 g/mol. The number of carbonyl (C=O) groups is 1. The molecule has 1 aliphatic rings. The fourth-order valence-electron chi connectivity index (χ4n) is 5.02. The summed E-state index contributed by atoms with van der Waals surface area (Å²) in [6.07, 6.45) is 2.03. The molecule has 1 saturated heterocycles. The van der Waals surface area contributed by atoms with Crippen LogP contribution in [-0.4, -0.2) is 46.2 Å². The number of thiocarbonyl (C=S) groups is 1. The molecule has 200 valence electrons. The first-order valence-electron chi connectivity index (χ1n) is 12.7. The first-order valence-corrected chi connectivity index (χ1v) is 13.1. The molecule has 5 rings (SSSR count). The Morgan fingerprint density at radius 3 is 2.49 bits per heavy atom. The minimum atomic E-state index is -0.192. The highest BCUT2D eigenvalue weighted by atomic mass is 32.1. The number of ether oxygens (including phenoxy) is 2. The molecule has 2 N–H and O–H groups in total. The molecule has 39 heavy (non-hydrogen) atoms. The van der Waals surface area contributed by atoms with Crippen LogP contribution in [0.15, 0.2) is 85.1 Å². The Morgan fingerprint density at radius 1 is 1.00 bits per heavy atom. The van der Waals surface area contributed by atoms with E-state index < -0.39 is 0 Å². The van der Waals surface area contributed by atoms with E-state index in [-0.39, 0.29) is 24.4 Å². The van der Waals surface area contributed by atoms with Crippen LogP contribution in [0, 0.1) is 6.92 Å². The summed E-state index contributed by atoms with van der Waals surface area (Å²) in [7, 11) is 3.24. The van der Waals surface area contributed by atoms with Gasteiger partial charge in [0, 0.05) is 36.2 Å². The van der Waals surface area contributed by atoms with Crippen LogP contribution in [0.4, 0.5) is 5.69 Å². The Balaban J connectivity index is 1.46. The number of methoxy groups -OCH3 is 2. The number of amides is 1. The number of hydrogen-bond acceptors (Lipinski definition) is 5. The van der Waals surface area contributed by atoms with Gasteiger partial charge in [-0.05, 0) is 79.8 Å². The maximum absolute atomic E-state index is 13.0. The van der Waals surface area contributed by atoms with Crippen LogP contribution in [0.2, 0.25) is 0 Å². The van der Waals surface area contributed by atoms with Gasteiger partial charge in [-0.15, -0.1) is 0 Å². The summed E-state index contributed by atoms with van der Waals surface area (Å²) in [5, 5.41) is 7.03. The maximum Gasteiger partial charge on any atom is 0.226 e. The topological polar surface area (TPSA) is 80.7 Å². The lowest BCUT2D eigenvalue weighted by atomic mass is 10.0. The van der Waals surface area contributed by atoms with Gasteiger partial charge in [0.1, 0.15) is 11.5 Å². The van der Waals surface area contributed by atoms with Gasteiger partial charge in [-0.2, -0.15) is 0 Å². The number of pyridine rings is 1. The molecule has 2 aromatic carbocycles. The molecule has 0 saturated carbocycles. The van der Waals surface area contributed by atoms with E-state index in [1.165, 1.54) is 0 Å². The van der Waals surface area contributed by atoms with Crippen LogP contribution in [0.25, 0.3) is 5.69 Å². The van der Waals surface area contributed by atoms with Crippen LogP contribution in [0.1, 0.15) is 35.6 Å². The van der Waals surface area contributed by atoms with Crippen molar-refractivity contribution >= 4 is 28.9 Å². The largest absolute Gasteiger partial charge is 0.497 e. The van der Waals surface area contributed by atoms with E-state index >= 15 is 0 Å². The smallest absolute Gasteiger partial charge is 0.226 e. The first kappa shape index (κ1) is 26.2. The minimum Gasteiger partial charge on any atom is -0.497 e. The summed E-state index contributed by atoms with van der Waals surface area (Å²) in [4.78, 5) is 19.7. The Morgan fingerprint density at radius 2 is 1.77 bits per heavy atom. The second-order valence-corrected chi connectivity index (χ2v) is 9.64. The van der Waals surface area contributed by atoms with Crippen LogP contribution >= 0.6 is 12.2 Å². The van der Waals surface area contributed by atoms with Gasteiger partial charge in [0.25, 0.3) is 0 Å². The van der Waals surface area contributed by atoms with Gasteiger partial charge in [0.2, 0.25) is 5.91 Å². The van der Waals surface area contributed by atoms with Crippen molar-refractivity contribution in [2.24, 2.45) is 0 Å². The standard InChI is InChI=1S/C30H31N5O3S/c1-20-11-16-25(35(20)21-12-14-22(37-2)15-13-21)29-28(24-9-6-7-18-31-24)33-30(39)34(29)19-17-27(36)32-23-8-4-5-10-26(23)38-3/h4-16,18,28-29H,17,19H2,1-3H3,(H,32,36)(H,33,39)/t28-,29-/m1/s1. The number of aryl methyl sites for hydroxylation is 1. The van der Waals surface area contributed by atoms with E-state index in [1.54, 1.807) is 20.4 Å². The molecule has 0 bridgehead atoms. The lowest BCUT2D eigenvalue weighted by Gasteiger charge is -2.29. The van der Waals surface area contributed by atoms with E-state index in [1.807, 2.05) is 66.7 Å². The van der Waals surface area contributed by atoms with Gasteiger partial charge >= 0.3 is 0 Å². The summed E-state index contributed by atoms with van der Waals surface area (Å²) < 4.78 is 13.0. The molecule has 9 heteroatoms. The zero-order valence-electron chi connectivity index (χ0n) is 22.1. The number of benzene rings is 2. The Labute approximate surface area is 233 Å². The van der Waals surface area contributed by atoms with Crippen molar-refractivity contribution in [2.75, 3.05) is 26.1 Å². The molecular formula is C30H31N5O3S. The second kappa shape index (κ2) is 11.6. The average molecular weight is 542 g/mol. The zero-order chi connectivity index (χ0) is 27.4. The Hall–Kier alpha value is -4.37. The molecule has 4 aromatic rings. The molecule has 1 amide bonds. The van der Waals surface area contributed by atoms with Crippen molar-refractivity contribution in [1.82, 2.24) is 19.8 Å². The maximum atomic E-state index is 13.0. The van der Waals surface area contributed by atoms with Crippen molar-refractivity contribution in [3.05, 3.63) is 102 Å². The molecule has 3 heterocycles. The van der Waals surface area contributed by atoms with E-state index in [2.05, 4.69) is 44.1 Å². The molecule has 0 unspecified atom stereocenters. The molecule has 2 atom stereocenters. The molecule has 1 fully saturated rings. The normalized spacial score (nSPS) is 16.6. The molecule has 0 radical (unpaired) electrons. The highest BCUT2D eigenvalue weighted by molar-refractivity contribution is 7.80. The molecule has 0 aliphatic carbocycles. The van der Waals surface area contributed by atoms with Crippen LogP contribution in [-0.2, 0) is 4.79 Å². The lowest BCUT2D eigenvalue weighted by Crippen LogP contribution is -2.33. The minimum absolute atomic E-state index is 0.121. The van der Waals surface area contributed by atoms with Gasteiger partial charge < -0.3 is 29.6 Å². The third kappa shape index (κ3) is 5.44. The van der Waals surface area contributed by atoms with Crippen LogP contribution in [0.3, 0.4) is 0 Å². The van der Waals surface area contributed by atoms with E-state index in [0.29, 0.717) is 23.1 Å².